The van der Waals surface area contributed by atoms with Crippen LogP contribution in [-0.2, 0) is 0 Å². The molecule has 0 bridgehead atoms. The molecule has 0 heterocycles. The molecule has 0 aromatic heterocycles. The number of benzene rings is 3. The molecule has 0 fully saturated rings. The Hall–Kier alpha value is -1.93. The van der Waals surface area contributed by atoms with Crippen molar-refractivity contribution in [2.75, 3.05) is 5.73 Å². The zero-order valence-electron chi connectivity index (χ0n) is 9.80. The molecule has 0 aliphatic rings. The van der Waals surface area contributed by atoms with Crippen molar-refractivity contribution in [1.29, 1.82) is 0 Å². The van der Waals surface area contributed by atoms with Gasteiger partial charge in [-0.05, 0) is 28.5 Å². The van der Waals surface area contributed by atoms with Crippen LogP contribution in [0.3, 0.4) is 0 Å². The summed E-state index contributed by atoms with van der Waals surface area (Å²) in [4.78, 5) is 0.909. The van der Waals surface area contributed by atoms with Gasteiger partial charge in [-0.25, -0.2) is 0 Å². The molecule has 3 rings (SSSR count). The summed E-state index contributed by atoms with van der Waals surface area (Å²) in [6.45, 7) is 0. The number of nitrogen functional groups attached to an aromatic ring is 1. The molecular formula is C16H13NS. The molecule has 88 valence electrons. The third-order valence-electron chi connectivity index (χ3n) is 3.13. The first-order chi connectivity index (χ1) is 8.77. The molecule has 3 aromatic rings. The number of hydrogen-bond donors (Lipinski definition) is 2. The molecule has 0 unspecified atom stereocenters. The van der Waals surface area contributed by atoms with Crippen LogP contribution in [0, 0.1) is 0 Å². The predicted octanol–water partition coefficient (Wildman–Crippen LogP) is 4.38. The lowest BCUT2D eigenvalue weighted by Crippen LogP contribution is -1.91. The fraction of sp³-hybridized carbons (Fsp3) is 0. The lowest BCUT2D eigenvalue weighted by molar-refractivity contribution is 1.47. The Morgan fingerprint density at radius 2 is 1.50 bits per heavy atom. The highest BCUT2D eigenvalue weighted by molar-refractivity contribution is 7.80. The number of hydrogen-bond acceptors (Lipinski definition) is 2. The maximum atomic E-state index is 6.10. The van der Waals surface area contributed by atoms with Crippen molar-refractivity contribution in [3.8, 4) is 11.1 Å². The average Bonchev–Trinajstić information content (AvgIpc) is 2.39. The summed E-state index contributed by atoms with van der Waals surface area (Å²) in [7, 11) is 0. The van der Waals surface area contributed by atoms with Crippen LogP contribution in [0.4, 0.5) is 5.69 Å². The van der Waals surface area contributed by atoms with Crippen molar-refractivity contribution >= 4 is 29.1 Å². The van der Waals surface area contributed by atoms with E-state index >= 15 is 0 Å². The molecular weight excluding hydrogens is 238 g/mol. The van der Waals surface area contributed by atoms with Gasteiger partial charge >= 0.3 is 0 Å². The first-order valence-electron chi connectivity index (χ1n) is 5.83. The van der Waals surface area contributed by atoms with Crippen LogP contribution < -0.4 is 5.73 Å². The zero-order chi connectivity index (χ0) is 12.5. The number of anilines is 1. The Morgan fingerprint density at radius 3 is 2.33 bits per heavy atom. The molecule has 2 heteroatoms. The van der Waals surface area contributed by atoms with E-state index in [4.69, 9.17) is 5.73 Å². The normalized spacial score (nSPS) is 10.7. The molecule has 0 aliphatic carbocycles. The first-order valence-corrected chi connectivity index (χ1v) is 6.27. The molecule has 3 aromatic carbocycles. The third-order valence-corrected chi connectivity index (χ3v) is 3.51. The minimum Gasteiger partial charge on any atom is -0.398 e. The molecule has 2 N–H and O–H groups in total. The van der Waals surface area contributed by atoms with E-state index in [9.17, 15) is 0 Å². The van der Waals surface area contributed by atoms with Gasteiger partial charge < -0.3 is 5.73 Å². The van der Waals surface area contributed by atoms with E-state index in [1.165, 1.54) is 10.8 Å². The van der Waals surface area contributed by atoms with Crippen LogP contribution >= 0.6 is 12.6 Å². The second-order valence-corrected chi connectivity index (χ2v) is 4.75. The van der Waals surface area contributed by atoms with Gasteiger partial charge in [0.25, 0.3) is 0 Å². The summed E-state index contributed by atoms with van der Waals surface area (Å²) >= 11 is 4.52. The highest BCUT2D eigenvalue weighted by atomic mass is 32.1. The van der Waals surface area contributed by atoms with Crippen LogP contribution in [0.5, 0.6) is 0 Å². The van der Waals surface area contributed by atoms with Crippen LogP contribution in [0.2, 0.25) is 0 Å². The minimum absolute atomic E-state index is 0.763. The monoisotopic (exact) mass is 251 g/mol. The summed E-state index contributed by atoms with van der Waals surface area (Å²) in [6.07, 6.45) is 0. The van der Waals surface area contributed by atoms with Gasteiger partial charge in [0.1, 0.15) is 0 Å². The van der Waals surface area contributed by atoms with Gasteiger partial charge in [0.2, 0.25) is 0 Å². The van der Waals surface area contributed by atoms with Gasteiger partial charge in [0.05, 0.1) is 0 Å². The smallest absolute Gasteiger partial charge is 0.0405 e. The molecule has 0 radical (unpaired) electrons. The van der Waals surface area contributed by atoms with Crippen molar-refractivity contribution in [2.24, 2.45) is 0 Å². The number of nitrogens with two attached hydrogens (primary N) is 1. The van der Waals surface area contributed by atoms with Crippen molar-refractivity contribution in [3.05, 3.63) is 60.7 Å². The molecule has 0 amide bonds. The van der Waals surface area contributed by atoms with Gasteiger partial charge in [-0.15, -0.1) is 12.6 Å². The molecule has 18 heavy (non-hydrogen) atoms. The van der Waals surface area contributed by atoms with Gasteiger partial charge in [-0.3, -0.25) is 0 Å². The highest BCUT2D eigenvalue weighted by Gasteiger charge is 2.09. The number of fused-ring (bicyclic) bond motifs is 1. The third kappa shape index (κ3) is 1.75. The van der Waals surface area contributed by atoms with Crippen molar-refractivity contribution in [3.63, 3.8) is 0 Å². The molecule has 0 aliphatic heterocycles. The van der Waals surface area contributed by atoms with E-state index in [1.54, 1.807) is 0 Å². The SMILES string of the molecule is Nc1cccc(S)c1-c1cccc2ccccc12. The quantitative estimate of drug-likeness (QED) is 0.487. The molecule has 0 atom stereocenters. The van der Waals surface area contributed by atoms with E-state index in [0.717, 1.165) is 21.7 Å². The Balaban J connectivity index is 2.39. The summed E-state index contributed by atoms with van der Waals surface area (Å²) in [5.41, 5.74) is 9.01. The standard InChI is InChI=1S/C16H13NS/c17-14-9-4-10-15(18)16(14)13-8-3-6-11-5-1-2-7-12(11)13/h1-10,18H,17H2. The van der Waals surface area contributed by atoms with E-state index in [2.05, 4.69) is 43.0 Å². The minimum atomic E-state index is 0.763. The van der Waals surface area contributed by atoms with Gasteiger partial charge in [0, 0.05) is 16.1 Å². The number of thiol groups is 1. The van der Waals surface area contributed by atoms with Crippen LogP contribution in [0.1, 0.15) is 0 Å². The summed E-state index contributed by atoms with van der Waals surface area (Å²) < 4.78 is 0. The van der Waals surface area contributed by atoms with E-state index < -0.39 is 0 Å². The molecule has 0 spiro atoms. The van der Waals surface area contributed by atoms with Gasteiger partial charge in [0.15, 0.2) is 0 Å². The van der Waals surface area contributed by atoms with Crippen molar-refractivity contribution < 1.29 is 0 Å². The van der Waals surface area contributed by atoms with Gasteiger partial charge in [-0.1, -0.05) is 48.5 Å². The average molecular weight is 251 g/mol. The second kappa shape index (κ2) is 4.39. The Bertz CT molecular complexity index is 694. The summed E-state index contributed by atoms with van der Waals surface area (Å²) in [5, 5.41) is 2.42. The fourth-order valence-corrected chi connectivity index (χ4v) is 2.63. The van der Waals surface area contributed by atoms with E-state index in [1.807, 2.05) is 30.3 Å². The fourth-order valence-electron chi connectivity index (χ4n) is 2.29. The van der Waals surface area contributed by atoms with Crippen LogP contribution in [0.25, 0.3) is 21.9 Å². The lowest BCUT2D eigenvalue weighted by atomic mass is 9.97. The summed E-state index contributed by atoms with van der Waals surface area (Å²) in [5.74, 6) is 0. The van der Waals surface area contributed by atoms with Crippen LogP contribution in [0.15, 0.2) is 65.6 Å². The maximum absolute atomic E-state index is 6.10. The Morgan fingerprint density at radius 1 is 0.778 bits per heavy atom. The topological polar surface area (TPSA) is 26.0 Å². The number of rotatable bonds is 1. The lowest BCUT2D eigenvalue weighted by Gasteiger charge is -2.11. The largest absolute Gasteiger partial charge is 0.398 e. The Kier molecular flexibility index (Phi) is 2.73. The highest BCUT2D eigenvalue weighted by Crippen LogP contribution is 2.36. The molecule has 0 saturated carbocycles. The molecule has 0 saturated heterocycles. The zero-order valence-corrected chi connectivity index (χ0v) is 10.7. The van der Waals surface area contributed by atoms with Gasteiger partial charge in [-0.2, -0.15) is 0 Å². The maximum Gasteiger partial charge on any atom is 0.0405 e. The molecule has 1 nitrogen and oxygen atoms in total. The first kappa shape index (κ1) is 11.2. The van der Waals surface area contributed by atoms with E-state index in [-0.39, 0.29) is 0 Å². The van der Waals surface area contributed by atoms with E-state index in [0.29, 0.717) is 0 Å². The van der Waals surface area contributed by atoms with Crippen LogP contribution in [-0.4, -0.2) is 0 Å². The Labute approximate surface area is 112 Å². The van der Waals surface area contributed by atoms with Crippen molar-refractivity contribution in [2.45, 2.75) is 4.90 Å². The van der Waals surface area contributed by atoms with Crippen molar-refractivity contribution in [1.82, 2.24) is 0 Å². The second-order valence-electron chi connectivity index (χ2n) is 4.27. The summed E-state index contributed by atoms with van der Waals surface area (Å²) in [6, 6.07) is 20.4. The predicted molar refractivity (Wildman–Crippen MR) is 81.0 cm³/mol.